The van der Waals surface area contributed by atoms with E-state index < -0.39 is 0 Å². The van der Waals surface area contributed by atoms with Crippen LogP contribution >= 0.6 is 0 Å². The van der Waals surface area contributed by atoms with Crippen molar-refractivity contribution >= 4 is 11.6 Å². The molecular formula is C19H21N3O2. The van der Waals surface area contributed by atoms with Gasteiger partial charge in [0, 0.05) is 19.5 Å². The smallest absolute Gasteiger partial charge is 0.221 e. The predicted molar refractivity (Wildman–Crippen MR) is 93.7 cm³/mol. The summed E-state index contributed by atoms with van der Waals surface area (Å²) in [5, 5.41) is 15.2. The fourth-order valence-electron chi connectivity index (χ4n) is 2.42. The van der Waals surface area contributed by atoms with E-state index in [0.717, 1.165) is 11.1 Å². The third-order valence-corrected chi connectivity index (χ3v) is 3.70. The summed E-state index contributed by atoms with van der Waals surface area (Å²) in [5.41, 5.74) is 3.40. The van der Waals surface area contributed by atoms with E-state index in [1.54, 1.807) is 13.2 Å². The average Bonchev–Trinajstić information content (AvgIpc) is 2.59. The SMILES string of the molecule is COc1ccc(CN[C@@H](C)c2cccc(C#N)c2)cc1NC(C)=O. The highest BCUT2D eigenvalue weighted by Gasteiger charge is 2.09. The molecule has 1 atom stereocenters. The molecule has 2 N–H and O–H groups in total. The van der Waals surface area contributed by atoms with Gasteiger partial charge in [0.25, 0.3) is 0 Å². The Hall–Kier alpha value is -2.84. The molecule has 0 unspecified atom stereocenters. The fourth-order valence-corrected chi connectivity index (χ4v) is 2.42. The Morgan fingerprint density at radius 1 is 1.29 bits per heavy atom. The van der Waals surface area contributed by atoms with Gasteiger partial charge in [0.2, 0.25) is 5.91 Å². The van der Waals surface area contributed by atoms with Crippen molar-refractivity contribution in [2.75, 3.05) is 12.4 Å². The van der Waals surface area contributed by atoms with Gasteiger partial charge in [-0.1, -0.05) is 18.2 Å². The van der Waals surface area contributed by atoms with Gasteiger partial charge in [-0.2, -0.15) is 5.26 Å². The number of benzene rings is 2. The number of anilines is 1. The van der Waals surface area contributed by atoms with Crippen LogP contribution in [0.25, 0.3) is 0 Å². The lowest BCUT2D eigenvalue weighted by Crippen LogP contribution is -2.18. The van der Waals surface area contributed by atoms with Gasteiger partial charge >= 0.3 is 0 Å². The van der Waals surface area contributed by atoms with Gasteiger partial charge < -0.3 is 15.4 Å². The molecule has 0 radical (unpaired) electrons. The van der Waals surface area contributed by atoms with Crippen molar-refractivity contribution in [2.45, 2.75) is 26.4 Å². The van der Waals surface area contributed by atoms with Crippen LogP contribution < -0.4 is 15.4 Å². The van der Waals surface area contributed by atoms with E-state index in [0.29, 0.717) is 23.5 Å². The molecule has 0 aliphatic heterocycles. The summed E-state index contributed by atoms with van der Waals surface area (Å²) in [6.45, 7) is 4.15. The van der Waals surface area contributed by atoms with Gasteiger partial charge in [-0.3, -0.25) is 4.79 Å². The van der Waals surface area contributed by atoms with Crippen molar-refractivity contribution in [3.63, 3.8) is 0 Å². The fraction of sp³-hybridized carbons (Fsp3) is 0.263. The maximum Gasteiger partial charge on any atom is 0.221 e. The van der Waals surface area contributed by atoms with Crippen molar-refractivity contribution in [1.82, 2.24) is 5.32 Å². The maximum absolute atomic E-state index is 11.3. The van der Waals surface area contributed by atoms with E-state index in [1.165, 1.54) is 6.92 Å². The highest BCUT2D eigenvalue weighted by atomic mass is 16.5. The zero-order valence-electron chi connectivity index (χ0n) is 14.1. The number of nitriles is 1. The highest BCUT2D eigenvalue weighted by molar-refractivity contribution is 5.90. The Balaban J connectivity index is 2.08. The predicted octanol–water partition coefficient (Wildman–Crippen LogP) is 3.38. The first-order valence-corrected chi connectivity index (χ1v) is 7.71. The summed E-state index contributed by atoms with van der Waals surface area (Å²) in [7, 11) is 1.57. The minimum Gasteiger partial charge on any atom is -0.495 e. The van der Waals surface area contributed by atoms with E-state index in [-0.39, 0.29) is 11.9 Å². The largest absolute Gasteiger partial charge is 0.495 e. The quantitative estimate of drug-likeness (QED) is 0.854. The van der Waals surface area contributed by atoms with Crippen molar-refractivity contribution in [1.29, 1.82) is 5.26 Å². The molecule has 0 bridgehead atoms. The van der Waals surface area contributed by atoms with Crippen LogP contribution in [0.5, 0.6) is 5.75 Å². The van der Waals surface area contributed by atoms with E-state index >= 15 is 0 Å². The lowest BCUT2D eigenvalue weighted by molar-refractivity contribution is -0.114. The second-order valence-corrected chi connectivity index (χ2v) is 5.56. The van der Waals surface area contributed by atoms with Crippen LogP contribution in [0.2, 0.25) is 0 Å². The van der Waals surface area contributed by atoms with Gasteiger partial charge in [-0.25, -0.2) is 0 Å². The molecule has 5 heteroatoms. The van der Waals surface area contributed by atoms with Gasteiger partial charge in [0.1, 0.15) is 5.75 Å². The van der Waals surface area contributed by atoms with Crippen LogP contribution in [0.15, 0.2) is 42.5 Å². The zero-order chi connectivity index (χ0) is 17.5. The molecule has 0 fully saturated rings. The second kappa shape index (κ2) is 8.14. The Kier molecular flexibility index (Phi) is 5.94. The van der Waals surface area contributed by atoms with Crippen molar-refractivity contribution in [3.8, 4) is 11.8 Å². The summed E-state index contributed by atoms with van der Waals surface area (Å²) >= 11 is 0. The normalized spacial score (nSPS) is 11.4. The second-order valence-electron chi connectivity index (χ2n) is 5.56. The lowest BCUT2D eigenvalue weighted by Gasteiger charge is -2.16. The van der Waals surface area contributed by atoms with Crippen LogP contribution in [0.4, 0.5) is 5.69 Å². The molecule has 124 valence electrons. The maximum atomic E-state index is 11.3. The number of hydrogen-bond donors (Lipinski definition) is 2. The van der Waals surface area contributed by atoms with Gasteiger partial charge in [-0.15, -0.1) is 0 Å². The number of nitrogens with zero attached hydrogens (tertiary/aromatic N) is 1. The highest BCUT2D eigenvalue weighted by Crippen LogP contribution is 2.26. The van der Waals surface area contributed by atoms with Crippen LogP contribution in [-0.2, 0) is 11.3 Å². The van der Waals surface area contributed by atoms with E-state index in [4.69, 9.17) is 10.00 Å². The third-order valence-electron chi connectivity index (χ3n) is 3.70. The van der Waals surface area contributed by atoms with Crippen LogP contribution in [-0.4, -0.2) is 13.0 Å². The Labute approximate surface area is 142 Å². The number of amides is 1. The van der Waals surface area contributed by atoms with Gasteiger partial charge in [0.05, 0.1) is 24.4 Å². The molecule has 0 saturated heterocycles. The number of methoxy groups -OCH3 is 1. The zero-order valence-corrected chi connectivity index (χ0v) is 14.1. The molecule has 0 saturated carbocycles. The topological polar surface area (TPSA) is 74.2 Å². The van der Waals surface area contributed by atoms with Gasteiger partial charge in [-0.05, 0) is 42.3 Å². The molecular weight excluding hydrogens is 302 g/mol. The molecule has 0 aliphatic rings. The first-order chi connectivity index (χ1) is 11.5. The molecule has 0 spiro atoms. The number of rotatable bonds is 6. The van der Waals surface area contributed by atoms with Crippen molar-refractivity contribution in [2.24, 2.45) is 0 Å². The number of nitrogens with one attached hydrogen (secondary N) is 2. The lowest BCUT2D eigenvalue weighted by atomic mass is 10.1. The standard InChI is InChI=1S/C19H21N3O2/c1-13(17-6-4-5-15(9-17)11-20)21-12-16-7-8-19(24-3)18(10-16)22-14(2)23/h4-10,13,21H,12H2,1-3H3,(H,22,23)/t13-/m0/s1. The number of carbonyl (C=O) groups excluding carboxylic acids is 1. The first-order valence-electron chi connectivity index (χ1n) is 7.71. The summed E-state index contributed by atoms with van der Waals surface area (Å²) in [6, 6.07) is 15.5. The molecule has 1 amide bonds. The Morgan fingerprint density at radius 3 is 2.75 bits per heavy atom. The van der Waals surface area contributed by atoms with E-state index in [1.807, 2.05) is 36.4 Å². The molecule has 2 aromatic carbocycles. The summed E-state index contributed by atoms with van der Waals surface area (Å²) in [5.74, 6) is 0.490. The summed E-state index contributed by atoms with van der Waals surface area (Å²) in [4.78, 5) is 11.3. The van der Waals surface area contributed by atoms with E-state index in [9.17, 15) is 4.79 Å². The van der Waals surface area contributed by atoms with Crippen LogP contribution in [0.3, 0.4) is 0 Å². The van der Waals surface area contributed by atoms with Crippen LogP contribution in [0, 0.1) is 11.3 Å². The Morgan fingerprint density at radius 2 is 2.08 bits per heavy atom. The molecule has 2 aromatic rings. The van der Waals surface area contributed by atoms with Crippen molar-refractivity contribution < 1.29 is 9.53 Å². The molecule has 2 rings (SSSR count). The first kappa shape index (κ1) is 17.5. The minimum absolute atomic E-state index is 0.101. The molecule has 0 aliphatic carbocycles. The number of hydrogen-bond acceptors (Lipinski definition) is 4. The van der Waals surface area contributed by atoms with Crippen molar-refractivity contribution in [3.05, 3.63) is 59.2 Å². The number of carbonyl (C=O) groups is 1. The Bertz CT molecular complexity index is 765. The third kappa shape index (κ3) is 4.58. The number of ether oxygens (including phenoxy) is 1. The molecule has 0 heterocycles. The van der Waals surface area contributed by atoms with Gasteiger partial charge in [0.15, 0.2) is 0 Å². The molecule has 5 nitrogen and oxygen atoms in total. The average molecular weight is 323 g/mol. The monoisotopic (exact) mass is 323 g/mol. The minimum atomic E-state index is -0.139. The molecule has 24 heavy (non-hydrogen) atoms. The van der Waals surface area contributed by atoms with Crippen LogP contribution in [0.1, 0.15) is 36.6 Å². The van der Waals surface area contributed by atoms with E-state index in [2.05, 4.69) is 23.6 Å². The summed E-state index contributed by atoms with van der Waals surface area (Å²) < 4.78 is 5.26. The molecule has 0 aromatic heterocycles. The summed E-state index contributed by atoms with van der Waals surface area (Å²) in [6.07, 6.45) is 0.